The Kier molecular flexibility index (Phi) is 4.44. The average molecular weight is 337 g/mol. The van der Waals surface area contributed by atoms with E-state index in [1.54, 1.807) is 12.1 Å². The third kappa shape index (κ3) is 3.31. The summed E-state index contributed by atoms with van der Waals surface area (Å²) < 4.78 is 10.9. The first-order chi connectivity index (χ1) is 10.7. The average Bonchev–Trinajstić information content (AvgIpc) is 3.17. The van der Waals surface area contributed by atoms with Crippen molar-refractivity contribution < 1.29 is 8.94 Å². The molecule has 0 saturated heterocycles. The smallest absolute Gasteiger partial charge is 0.277 e. The SMILES string of the molecule is CCc1noc(C(C)Sc2nnc(-c3ccc(Cl)cc3)o2)n1. The standard InChI is InChI=1S/C14H13ClN4O2S/c1-3-11-16-12(21-19-11)8(2)22-14-18-17-13(20-14)9-4-6-10(15)7-5-9/h4-8H,3H2,1-2H3. The first-order valence-corrected chi connectivity index (χ1v) is 8.00. The van der Waals surface area contributed by atoms with Gasteiger partial charge in [-0.1, -0.05) is 35.4 Å². The van der Waals surface area contributed by atoms with Crippen molar-refractivity contribution in [2.75, 3.05) is 0 Å². The van der Waals surface area contributed by atoms with Crippen LogP contribution in [0.5, 0.6) is 0 Å². The molecule has 0 spiro atoms. The summed E-state index contributed by atoms with van der Waals surface area (Å²) in [5, 5.41) is 13.0. The van der Waals surface area contributed by atoms with Gasteiger partial charge in [0.1, 0.15) is 0 Å². The first kappa shape index (κ1) is 15.1. The number of aryl methyl sites for hydroxylation is 1. The number of benzene rings is 1. The Hall–Kier alpha value is -1.86. The third-order valence-electron chi connectivity index (χ3n) is 2.92. The van der Waals surface area contributed by atoms with Crippen molar-refractivity contribution in [2.24, 2.45) is 0 Å². The summed E-state index contributed by atoms with van der Waals surface area (Å²) in [5.74, 6) is 1.69. The van der Waals surface area contributed by atoms with Crippen LogP contribution in [0.2, 0.25) is 5.02 Å². The Balaban J connectivity index is 1.72. The van der Waals surface area contributed by atoms with Crippen LogP contribution < -0.4 is 0 Å². The monoisotopic (exact) mass is 336 g/mol. The lowest BCUT2D eigenvalue weighted by Crippen LogP contribution is -1.90. The van der Waals surface area contributed by atoms with Gasteiger partial charge in [-0.15, -0.1) is 10.2 Å². The van der Waals surface area contributed by atoms with Gasteiger partial charge in [0.25, 0.3) is 5.22 Å². The van der Waals surface area contributed by atoms with Crippen LogP contribution in [0.25, 0.3) is 11.5 Å². The van der Waals surface area contributed by atoms with E-state index >= 15 is 0 Å². The van der Waals surface area contributed by atoms with Crippen molar-refractivity contribution in [1.82, 2.24) is 20.3 Å². The van der Waals surface area contributed by atoms with E-state index in [0.29, 0.717) is 27.9 Å². The molecule has 0 saturated carbocycles. The minimum absolute atomic E-state index is 0.0636. The summed E-state index contributed by atoms with van der Waals surface area (Å²) in [5.41, 5.74) is 0.822. The van der Waals surface area contributed by atoms with E-state index in [1.165, 1.54) is 11.8 Å². The highest BCUT2D eigenvalue weighted by Crippen LogP contribution is 2.34. The largest absolute Gasteiger partial charge is 0.411 e. The third-order valence-corrected chi connectivity index (χ3v) is 4.10. The van der Waals surface area contributed by atoms with Gasteiger partial charge in [-0.25, -0.2) is 0 Å². The molecule has 1 atom stereocenters. The molecule has 1 unspecified atom stereocenters. The lowest BCUT2D eigenvalue weighted by molar-refractivity contribution is 0.374. The zero-order valence-corrected chi connectivity index (χ0v) is 13.6. The molecule has 0 aliphatic heterocycles. The number of nitrogens with zero attached hydrogens (tertiary/aromatic N) is 4. The van der Waals surface area contributed by atoms with E-state index < -0.39 is 0 Å². The number of aromatic nitrogens is 4. The molecule has 2 heterocycles. The lowest BCUT2D eigenvalue weighted by Gasteiger charge is -2.00. The Labute approximate surface area is 136 Å². The van der Waals surface area contributed by atoms with E-state index in [-0.39, 0.29) is 5.25 Å². The highest BCUT2D eigenvalue weighted by atomic mass is 35.5. The van der Waals surface area contributed by atoms with E-state index in [0.717, 1.165) is 12.0 Å². The predicted octanol–water partition coefficient (Wildman–Crippen LogP) is 4.19. The number of hydrogen-bond acceptors (Lipinski definition) is 7. The normalized spacial score (nSPS) is 12.5. The molecular weight excluding hydrogens is 324 g/mol. The van der Waals surface area contributed by atoms with Crippen LogP contribution in [0, 0.1) is 0 Å². The van der Waals surface area contributed by atoms with Crippen LogP contribution in [-0.2, 0) is 6.42 Å². The van der Waals surface area contributed by atoms with Crippen molar-refractivity contribution in [3.05, 3.63) is 41.0 Å². The van der Waals surface area contributed by atoms with Crippen LogP contribution in [-0.4, -0.2) is 20.3 Å². The molecule has 3 rings (SSSR count). The molecule has 0 amide bonds. The molecule has 0 radical (unpaired) electrons. The van der Waals surface area contributed by atoms with Crippen LogP contribution in [0.15, 0.2) is 38.4 Å². The molecule has 8 heteroatoms. The summed E-state index contributed by atoms with van der Waals surface area (Å²) in [7, 11) is 0. The molecule has 2 aromatic heterocycles. The molecule has 0 bridgehead atoms. The van der Waals surface area contributed by atoms with Crippen molar-refractivity contribution >= 4 is 23.4 Å². The maximum Gasteiger partial charge on any atom is 0.277 e. The fraction of sp³-hybridized carbons (Fsp3) is 0.286. The van der Waals surface area contributed by atoms with E-state index in [4.69, 9.17) is 20.5 Å². The van der Waals surface area contributed by atoms with E-state index in [1.807, 2.05) is 26.0 Å². The van der Waals surface area contributed by atoms with Crippen molar-refractivity contribution in [3.8, 4) is 11.5 Å². The lowest BCUT2D eigenvalue weighted by atomic mass is 10.2. The molecule has 3 aromatic rings. The fourth-order valence-electron chi connectivity index (χ4n) is 1.74. The molecule has 6 nitrogen and oxygen atoms in total. The second-order valence-electron chi connectivity index (χ2n) is 4.54. The van der Waals surface area contributed by atoms with Gasteiger partial charge in [-0.2, -0.15) is 4.98 Å². The first-order valence-electron chi connectivity index (χ1n) is 6.74. The number of hydrogen-bond donors (Lipinski definition) is 0. The highest BCUT2D eigenvalue weighted by Gasteiger charge is 2.19. The van der Waals surface area contributed by atoms with E-state index in [2.05, 4.69) is 20.3 Å². The molecule has 0 aliphatic carbocycles. The van der Waals surface area contributed by atoms with Crippen molar-refractivity contribution in [3.63, 3.8) is 0 Å². The van der Waals surface area contributed by atoms with Gasteiger partial charge < -0.3 is 8.94 Å². The van der Waals surface area contributed by atoms with Gasteiger partial charge in [-0.05, 0) is 31.2 Å². The Morgan fingerprint density at radius 2 is 2.00 bits per heavy atom. The maximum atomic E-state index is 5.86. The van der Waals surface area contributed by atoms with Crippen LogP contribution in [0.1, 0.15) is 30.8 Å². The zero-order valence-electron chi connectivity index (χ0n) is 12.0. The quantitative estimate of drug-likeness (QED) is 0.646. The summed E-state index contributed by atoms with van der Waals surface area (Å²) >= 11 is 7.24. The summed E-state index contributed by atoms with van der Waals surface area (Å²) in [4.78, 5) is 4.30. The van der Waals surface area contributed by atoms with Gasteiger partial charge in [0.05, 0.1) is 5.25 Å². The molecule has 114 valence electrons. The fourth-order valence-corrected chi connectivity index (χ4v) is 2.58. The van der Waals surface area contributed by atoms with Crippen LogP contribution in [0.3, 0.4) is 0 Å². The molecule has 0 aliphatic rings. The van der Waals surface area contributed by atoms with Gasteiger partial charge in [0.2, 0.25) is 11.8 Å². The Morgan fingerprint density at radius 1 is 1.23 bits per heavy atom. The number of thioether (sulfide) groups is 1. The van der Waals surface area contributed by atoms with Crippen molar-refractivity contribution in [1.29, 1.82) is 0 Å². The summed E-state index contributed by atoms with van der Waals surface area (Å²) in [6.07, 6.45) is 0.738. The topological polar surface area (TPSA) is 77.8 Å². The van der Waals surface area contributed by atoms with Gasteiger partial charge in [0, 0.05) is 17.0 Å². The minimum Gasteiger partial charge on any atom is -0.411 e. The van der Waals surface area contributed by atoms with E-state index in [9.17, 15) is 0 Å². The highest BCUT2D eigenvalue weighted by molar-refractivity contribution is 7.99. The Morgan fingerprint density at radius 3 is 2.68 bits per heavy atom. The van der Waals surface area contributed by atoms with Gasteiger partial charge in [-0.3, -0.25) is 0 Å². The number of rotatable bonds is 5. The molecule has 22 heavy (non-hydrogen) atoms. The van der Waals surface area contributed by atoms with Crippen LogP contribution in [0.4, 0.5) is 0 Å². The van der Waals surface area contributed by atoms with Crippen molar-refractivity contribution in [2.45, 2.75) is 30.7 Å². The second kappa shape index (κ2) is 6.50. The molecular formula is C14H13ClN4O2S. The molecule has 0 N–H and O–H groups in total. The molecule has 0 fully saturated rings. The molecule has 1 aromatic carbocycles. The van der Waals surface area contributed by atoms with Gasteiger partial charge >= 0.3 is 0 Å². The minimum atomic E-state index is -0.0636. The number of halogens is 1. The Bertz CT molecular complexity index is 756. The summed E-state index contributed by atoms with van der Waals surface area (Å²) in [6, 6.07) is 7.22. The zero-order chi connectivity index (χ0) is 15.5. The summed E-state index contributed by atoms with van der Waals surface area (Å²) in [6.45, 7) is 3.92. The van der Waals surface area contributed by atoms with Crippen LogP contribution >= 0.6 is 23.4 Å². The predicted molar refractivity (Wildman–Crippen MR) is 82.7 cm³/mol. The van der Waals surface area contributed by atoms with Gasteiger partial charge in [0.15, 0.2) is 5.82 Å². The maximum absolute atomic E-state index is 5.86. The second-order valence-corrected chi connectivity index (χ2v) is 6.27.